The average molecular weight is 182 g/mol. The predicted molar refractivity (Wildman–Crippen MR) is 41.2 cm³/mol. The average Bonchev–Trinajstić information content (AvgIpc) is 1.95. The van der Waals surface area contributed by atoms with Crippen molar-refractivity contribution in [3.05, 3.63) is 12.7 Å². The van der Waals surface area contributed by atoms with Gasteiger partial charge in [0.1, 0.15) is 0 Å². The molecule has 1 atom stereocenters. The number of hydrogen-bond acceptors (Lipinski definition) is 2. The van der Waals surface area contributed by atoms with E-state index >= 15 is 0 Å². The lowest BCUT2D eigenvalue weighted by Crippen LogP contribution is -2.38. The molecular formula is C7H13F3N2. The third-order valence-electron chi connectivity index (χ3n) is 1.43. The lowest BCUT2D eigenvalue weighted by atomic mass is 10.1. The third-order valence-corrected chi connectivity index (χ3v) is 1.43. The van der Waals surface area contributed by atoms with E-state index in [4.69, 9.17) is 5.84 Å². The molecule has 0 bridgehead atoms. The van der Waals surface area contributed by atoms with E-state index in [1.165, 1.54) is 0 Å². The van der Waals surface area contributed by atoms with Gasteiger partial charge in [-0.25, -0.2) is 0 Å². The first kappa shape index (κ1) is 11.4. The molecule has 0 radical (unpaired) electrons. The molecule has 0 heterocycles. The Hall–Kier alpha value is -0.550. The number of hydrazine groups is 1. The molecule has 0 aromatic rings. The van der Waals surface area contributed by atoms with Gasteiger partial charge in [0.15, 0.2) is 0 Å². The van der Waals surface area contributed by atoms with Crippen molar-refractivity contribution in [1.29, 1.82) is 0 Å². The topological polar surface area (TPSA) is 38.0 Å². The molecule has 0 spiro atoms. The van der Waals surface area contributed by atoms with E-state index < -0.39 is 18.6 Å². The molecule has 12 heavy (non-hydrogen) atoms. The van der Waals surface area contributed by atoms with Crippen LogP contribution in [0.1, 0.15) is 19.3 Å². The van der Waals surface area contributed by atoms with Gasteiger partial charge in [0.05, 0.1) is 6.42 Å². The summed E-state index contributed by atoms with van der Waals surface area (Å²) in [7, 11) is 0. The molecule has 0 rings (SSSR count). The van der Waals surface area contributed by atoms with Gasteiger partial charge in [0.25, 0.3) is 0 Å². The molecule has 0 aliphatic heterocycles. The van der Waals surface area contributed by atoms with Crippen LogP contribution in [0, 0.1) is 0 Å². The smallest absolute Gasteiger partial charge is 0.271 e. The highest BCUT2D eigenvalue weighted by molar-refractivity contribution is 4.74. The Morgan fingerprint density at radius 2 is 2.08 bits per heavy atom. The van der Waals surface area contributed by atoms with E-state index in [0.29, 0.717) is 12.8 Å². The Balaban J connectivity index is 3.74. The van der Waals surface area contributed by atoms with Gasteiger partial charge in [0, 0.05) is 6.04 Å². The number of alkyl halides is 3. The van der Waals surface area contributed by atoms with E-state index in [2.05, 4.69) is 12.0 Å². The summed E-state index contributed by atoms with van der Waals surface area (Å²) in [5, 5.41) is 0. The van der Waals surface area contributed by atoms with Gasteiger partial charge in [0.2, 0.25) is 0 Å². The molecule has 0 aromatic heterocycles. The van der Waals surface area contributed by atoms with Crippen molar-refractivity contribution in [3.8, 4) is 0 Å². The molecule has 0 aromatic carbocycles. The molecule has 0 saturated heterocycles. The molecule has 1 unspecified atom stereocenters. The van der Waals surface area contributed by atoms with Crippen LogP contribution in [0.3, 0.4) is 0 Å². The van der Waals surface area contributed by atoms with Crippen molar-refractivity contribution < 1.29 is 13.2 Å². The van der Waals surface area contributed by atoms with Gasteiger partial charge in [-0.15, -0.1) is 6.58 Å². The Morgan fingerprint density at radius 1 is 1.50 bits per heavy atom. The quantitative estimate of drug-likeness (QED) is 0.386. The Bertz CT molecular complexity index is 133. The standard InChI is InChI=1S/C7H13F3N2/c1-2-3-4-6(12-11)5-7(8,9)10/h2,6,12H,1,3-5,11H2. The second-order valence-electron chi connectivity index (χ2n) is 2.55. The maximum atomic E-state index is 11.8. The molecule has 2 nitrogen and oxygen atoms in total. The summed E-state index contributed by atoms with van der Waals surface area (Å²) in [6, 6.07) is -0.706. The molecule has 5 heteroatoms. The van der Waals surface area contributed by atoms with Crippen LogP contribution in [0.4, 0.5) is 13.2 Å². The third kappa shape index (κ3) is 6.18. The van der Waals surface area contributed by atoms with Crippen molar-refractivity contribution in [2.45, 2.75) is 31.5 Å². The zero-order valence-corrected chi connectivity index (χ0v) is 6.69. The minimum atomic E-state index is -4.15. The zero-order valence-electron chi connectivity index (χ0n) is 6.69. The van der Waals surface area contributed by atoms with Gasteiger partial charge in [-0.05, 0) is 12.8 Å². The number of nitrogens with two attached hydrogens (primary N) is 1. The van der Waals surface area contributed by atoms with Crippen molar-refractivity contribution in [1.82, 2.24) is 5.43 Å². The first-order valence-electron chi connectivity index (χ1n) is 3.63. The van der Waals surface area contributed by atoms with Crippen molar-refractivity contribution in [3.63, 3.8) is 0 Å². The zero-order chi connectivity index (χ0) is 9.61. The Morgan fingerprint density at radius 3 is 2.42 bits per heavy atom. The minimum absolute atomic E-state index is 0.361. The fourth-order valence-electron chi connectivity index (χ4n) is 0.843. The van der Waals surface area contributed by atoms with E-state index in [0.717, 1.165) is 0 Å². The highest BCUT2D eigenvalue weighted by atomic mass is 19.4. The largest absolute Gasteiger partial charge is 0.390 e. The molecular weight excluding hydrogens is 169 g/mol. The predicted octanol–water partition coefficient (Wildman–Crippen LogP) is 1.74. The summed E-state index contributed by atoms with van der Waals surface area (Å²) < 4.78 is 35.4. The molecule has 0 amide bonds. The SMILES string of the molecule is C=CCCC(CC(F)(F)F)NN. The second kappa shape index (κ2) is 5.16. The number of nitrogens with one attached hydrogen (secondary N) is 1. The minimum Gasteiger partial charge on any atom is -0.271 e. The van der Waals surface area contributed by atoms with Crippen LogP contribution >= 0.6 is 0 Å². The Labute approximate surface area is 69.6 Å². The van der Waals surface area contributed by atoms with Crippen LogP contribution in [-0.2, 0) is 0 Å². The Kier molecular flexibility index (Phi) is 4.92. The summed E-state index contributed by atoms with van der Waals surface area (Å²) in [6.45, 7) is 3.41. The summed E-state index contributed by atoms with van der Waals surface area (Å²) >= 11 is 0. The van der Waals surface area contributed by atoms with Gasteiger partial charge in [-0.2, -0.15) is 13.2 Å². The van der Waals surface area contributed by atoms with Crippen molar-refractivity contribution in [2.24, 2.45) is 5.84 Å². The monoisotopic (exact) mass is 182 g/mol. The van der Waals surface area contributed by atoms with Crippen LogP contribution in [0.5, 0.6) is 0 Å². The number of rotatable bonds is 5. The second-order valence-corrected chi connectivity index (χ2v) is 2.55. The molecule has 0 saturated carbocycles. The van der Waals surface area contributed by atoms with Gasteiger partial charge in [-0.3, -0.25) is 11.3 Å². The molecule has 0 fully saturated rings. The fourth-order valence-corrected chi connectivity index (χ4v) is 0.843. The van der Waals surface area contributed by atoms with Crippen LogP contribution in [0.25, 0.3) is 0 Å². The normalized spacial score (nSPS) is 14.3. The first-order chi connectivity index (χ1) is 5.49. The fraction of sp³-hybridized carbons (Fsp3) is 0.714. The summed E-state index contributed by atoms with van der Waals surface area (Å²) in [6.07, 6.45) is -2.58. The van der Waals surface area contributed by atoms with E-state index in [-0.39, 0.29) is 0 Å². The van der Waals surface area contributed by atoms with Crippen LogP contribution < -0.4 is 11.3 Å². The number of halogens is 3. The van der Waals surface area contributed by atoms with E-state index in [9.17, 15) is 13.2 Å². The maximum Gasteiger partial charge on any atom is 0.390 e. The first-order valence-corrected chi connectivity index (χ1v) is 3.63. The molecule has 0 aliphatic carbocycles. The van der Waals surface area contributed by atoms with Crippen molar-refractivity contribution in [2.75, 3.05) is 0 Å². The number of allylic oxidation sites excluding steroid dienone is 1. The lowest BCUT2D eigenvalue weighted by molar-refractivity contribution is -0.140. The van der Waals surface area contributed by atoms with E-state index in [1.54, 1.807) is 6.08 Å². The molecule has 0 aliphatic rings. The maximum absolute atomic E-state index is 11.8. The van der Waals surface area contributed by atoms with Gasteiger partial charge < -0.3 is 0 Å². The van der Waals surface area contributed by atoms with Crippen LogP contribution in [-0.4, -0.2) is 12.2 Å². The number of hydrogen-bond donors (Lipinski definition) is 2. The van der Waals surface area contributed by atoms with Crippen molar-refractivity contribution >= 4 is 0 Å². The molecule has 72 valence electrons. The lowest BCUT2D eigenvalue weighted by Gasteiger charge is -2.16. The highest BCUT2D eigenvalue weighted by Crippen LogP contribution is 2.22. The summed E-state index contributed by atoms with van der Waals surface area (Å²) in [4.78, 5) is 0. The van der Waals surface area contributed by atoms with Gasteiger partial charge in [-0.1, -0.05) is 6.08 Å². The molecule has 3 N–H and O–H groups in total. The van der Waals surface area contributed by atoms with Crippen LogP contribution in [0.15, 0.2) is 12.7 Å². The van der Waals surface area contributed by atoms with Crippen LogP contribution in [0.2, 0.25) is 0 Å². The highest BCUT2D eigenvalue weighted by Gasteiger charge is 2.30. The summed E-state index contributed by atoms with van der Waals surface area (Å²) in [5.41, 5.74) is 2.13. The van der Waals surface area contributed by atoms with E-state index in [1.807, 2.05) is 0 Å². The summed E-state index contributed by atoms with van der Waals surface area (Å²) in [5.74, 6) is 4.94. The van der Waals surface area contributed by atoms with Gasteiger partial charge >= 0.3 is 6.18 Å².